The van der Waals surface area contributed by atoms with Crippen molar-refractivity contribution in [3.05, 3.63) is 34.9 Å². The first-order chi connectivity index (χ1) is 4.85. The summed E-state index contributed by atoms with van der Waals surface area (Å²) in [4.78, 5) is 1.70. The van der Waals surface area contributed by atoms with Gasteiger partial charge >= 0.3 is 0 Å². The molecular formula is C8H8BrN. The molecule has 0 aliphatic heterocycles. The van der Waals surface area contributed by atoms with Crippen molar-refractivity contribution in [2.45, 2.75) is 6.92 Å². The zero-order valence-corrected chi connectivity index (χ0v) is 7.30. The van der Waals surface area contributed by atoms with Crippen molar-refractivity contribution in [1.82, 2.24) is 0 Å². The maximum Gasteiger partial charge on any atom is 0.0991 e. The standard InChI is InChI=1S/C8H8BrN/c1-2-4-8(7-10)5-3-6-9/h2-6H,1H3/b4-2-,6-3+,8-5+. The van der Waals surface area contributed by atoms with E-state index in [1.165, 1.54) is 0 Å². The average Bonchev–Trinajstić information content (AvgIpc) is 1.98. The SMILES string of the molecule is C\C=C/C(C#N)=C\C=C\Br. The first-order valence-corrected chi connectivity index (χ1v) is 3.76. The summed E-state index contributed by atoms with van der Waals surface area (Å²) in [6.07, 6.45) is 7.08. The highest BCUT2D eigenvalue weighted by Crippen LogP contribution is 1.95. The highest BCUT2D eigenvalue weighted by Gasteiger charge is 1.81. The minimum absolute atomic E-state index is 0.651. The van der Waals surface area contributed by atoms with Crippen LogP contribution in [0.4, 0.5) is 0 Å². The summed E-state index contributed by atoms with van der Waals surface area (Å²) >= 11 is 3.10. The second-order valence-electron chi connectivity index (χ2n) is 1.55. The van der Waals surface area contributed by atoms with E-state index >= 15 is 0 Å². The molecule has 0 aliphatic rings. The number of nitrogens with zero attached hydrogens (tertiary/aromatic N) is 1. The Balaban J connectivity index is 4.22. The maximum absolute atomic E-state index is 8.47. The molecule has 1 nitrogen and oxygen atoms in total. The molecular weight excluding hydrogens is 190 g/mol. The maximum atomic E-state index is 8.47. The number of rotatable bonds is 2. The van der Waals surface area contributed by atoms with Gasteiger partial charge in [0, 0.05) is 0 Å². The molecule has 0 aliphatic carbocycles. The van der Waals surface area contributed by atoms with Crippen LogP contribution in [0.15, 0.2) is 34.9 Å². The first-order valence-electron chi connectivity index (χ1n) is 2.85. The first kappa shape index (κ1) is 9.19. The number of hydrogen-bond acceptors (Lipinski definition) is 1. The molecule has 0 saturated carbocycles. The van der Waals surface area contributed by atoms with Crippen LogP contribution in [0.1, 0.15) is 6.92 Å². The van der Waals surface area contributed by atoms with Crippen LogP contribution >= 0.6 is 15.9 Å². The molecule has 0 rings (SSSR count). The van der Waals surface area contributed by atoms with Crippen LogP contribution in [-0.4, -0.2) is 0 Å². The molecule has 10 heavy (non-hydrogen) atoms. The summed E-state index contributed by atoms with van der Waals surface area (Å²) in [6.45, 7) is 1.88. The smallest absolute Gasteiger partial charge is 0.0991 e. The second-order valence-corrected chi connectivity index (χ2v) is 2.08. The summed E-state index contributed by atoms with van der Waals surface area (Å²) in [5, 5.41) is 8.47. The molecule has 0 amide bonds. The molecule has 0 atom stereocenters. The largest absolute Gasteiger partial charge is 0.192 e. The van der Waals surface area contributed by atoms with Crippen molar-refractivity contribution >= 4 is 15.9 Å². The third-order valence-electron chi connectivity index (χ3n) is 0.824. The van der Waals surface area contributed by atoms with Gasteiger partial charge in [0.05, 0.1) is 11.6 Å². The summed E-state index contributed by atoms with van der Waals surface area (Å²) < 4.78 is 0. The molecule has 2 heteroatoms. The minimum Gasteiger partial charge on any atom is -0.192 e. The van der Waals surface area contributed by atoms with Gasteiger partial charge in [0.15, 0.2) is 0 Å². The lowest BCUT2D eigenvalue weighted by Gasteiger charge is -1.80. The van der Waals surface area contributed by atoms with Crippen molar-refractivity contribution in [2.24, 2.45) is 0 Å². The normalized spacial score (nSPS) is 12.7. The Kier molecular flexibility index (Phi) is 5.80. The number of halogens is 1. The van der Waals surface area contributed by atoms with Gasteiger partial charge in [-0.2, -0.15) is 5.26 Å². The van der Waals surface area contributed by atoms with Crippen molar-refractivity contribution in [3.63, 3.8) is 0 Å². The second kappa shape index (κ2) is 6.31. The van der Waals surface area contributed by atoms with Crippen LogP contribution in [0.25, 0.3) is 0 Å². The molecule has 52 valence electrons. The van der Waals surface area contributed by atoms with E-state index < -0.39 is 0 Å². The van der Waals surface area contributed by atoms with E-state index in [2.05, 4.69) is 15.9 Å². The van der Waals surface area contributed by atoms with Gasteiger partial charge in [0.25, 0.3) is 0 Å². The van der Waals surface area contributed by atoms with Crippen LogP contribution in [0.5, 0.6) is 0 Å². The van der Waals surface area contributed by atoms with Gasteiger partial charge in [-0.25, -0.2) is 0 Å². The van der Waals surface area contributed by atoms with E-state index in [1.807, 2.05) is 19.1 Å². The highest BCUT2D eigenvalue weighted by atomic mass is 79.9. The number of hydrogen-bond donors (Lipinski definition) is 0. The van der Waals surface area contributed by atoms with E-state index in [1.54, 1.807) is 23.2 Å². The summed E-state index contributed by atoms with van der Waals surface area (Å²) in [7, 11) is 0. The molecule has 0 N–H and O–H groups in total. The molecule has 0 radical (unpaired) electrons. The fourth-order valence-electron chi connectivity index (χ4n) is 0.450. The lowest BCUT2D eigenvalue weighted by atomic mass is 10.2. The number of allylic oxidation sites excluding steroid dienone is 5. The van der Waals surface area contributed by atoms with Gasteiger partial charge in [-0.1, -0.05) is 28.1 Å². The van der Waals surface area contributed by atoms with Crippen LogP contribution in [0.3, 0.4) is 0 Å². The van der Waals surface area contributed by atoms with Crippen molar-refractivity contribution in [3.8, 4) is 6.07 Å². The van der Waals surface area contributed by atoms with E-state index in [-0.39, 0.29) is 0 Å². The third-order valence-corrected chi connectivity index (χ3v) is 1.13. The van der Waals surface area contributed by atoms with Gasteiger partial charge in [-0.05, 0) is 24.1 Å². The fraction of sp³-hybridized carbons (Fsp3) is 0.125. The molecule has 0 aromatic rings. The number of nitriles is 1. The lowest BCUT2D eigenvalue weighted by molar-refractivity contribution is 1.49. The quantitative estimate of drug-likeness (QED) is 0.494. The third kappa shape index (κ3) is 4.11. The predicted octanol–water partition coefficient (Wildman–Crippen LogP) is 2.92. The Morgan fingerprint density at radius 2 is 2.30 bits per heavy atom. The van der Waals surface area contributed by atoms with E-state index in [0.29, 0.717) is 5.57 Å². The topological polar surface area (TPSA) is 23.8 Å². The van der Waals surface area contributed by atoms with Gasteiger partial charge in [0.2, 0.25) is 0 Å². The Hall–Kier alpha value is -0.810. The molecule has 0 unspecified atom stereocenters. The molecule has 0 aromatic carbocycles. The molecule has 0 saturated heterocycles. The van der Waals surface area contributed by atoms with Gasteiger partial charge in [0.1, 0.15) is 0 Å². The molecule has 0 heterocycles. The van der Waals surface area contributed by atoms with Gasteiger partial charge in [-0.15, -0.1) is 0 Å². The van der Waals surface area contributed by atoms with Gasteiger partial charge in [-0.3, -0.25) is 0 Å². The summed E-state index contributed by atoms with van der Waals surface area (Å²) in [6, 6.07) is 2.04. The fourth-order valence-corrected chi connectivity index (χ4v) is 0.602. The monoisotopic (exact) mass is 197 g/mol. The van der Waals surface area contributed by atoms with Crippen molar-refractivity contribution in [2.75, 3.05) is 0 Å². The highest BCUT2D eigenvalue weighted by molar-refractivity contribution is 9.11. The zero-order chi connectivity index (χ0) is 7.82. The van der Waals surface area contributed by atoms with Crippen LogP contribution in [-0.2, 0) is 0 Å². The average molecular weight is 198 g/mol. The van der Waals surface area contributed by atoms with Crippen molar-refractivity contribution in [1.29, 1.82) is 5.26 Å². The Morgan fingerprint density at radius 3 is 2.70 bits per heavy atom. The van der Waals surface area contributed by atoms with E-state index in [0.717, 1.165) is 0 Å². The Bertz CT molecular complexity index is 206. The predicted molar refractivity (Wildman–Crippen MR) is 46.6 cm³/mol. The summed E-state index contributed by atoms with van der Waals surface area (Å²) in [5.41, 5.74) is 0.651. The summed E-state index contributed by atoms with van der Waals surface area (Å²) in [5.74, 6) is 0. The van der Waals surface area contributed by atoms with E-state index in [4.69, 9.17) is 5.26 Å². The molecule has 0 aromatic heterocycles. The van der Waals surface area contributed by atoms with Crippen LogP contribution in [0, 0.1) is 11.3 Å². The van der Waals surface area contributed by atoms with Crippen molar-refractivity contribution < 1.29 is 0 Å². The molecule has 0 spiro atoms. The van der Waals surface area contributed by atoms with Crippen LogP contribution in [0.2, 0.25) is 0 Å². The lowest BCUT2D eigenvalue weighted by Crippen LogP contribution is -1.66. The zero-order valence-electron chi connectivity index (χ0n) is 5.71. The molecule has 0 fully saturated rings. The van der Waals surface area contributed by atoms with E-state index in [9.17, 15) is 0 Å². The van der Waals surface area contributed by atoms with Gasteiger partial charge < -0.3 is 0 Å². The molecule has 0 bridgehead atoms. The minimum atomic E-state index is 0.651. The Morgan fingerprint density at radius 1 is 1.60 bits per heavy atom. The van der Waals surface area contributed by atoms with Crippen LogP contribution < -0.4 is 0 Å². The Labute approximate surface area is 69.5 Å².